The molecule has 0 bridgehead atoms. The fraction of sp³-hybridized carbons (Fsp3) is 0.588. The minimum absolute atomic E-state index is 0.0227. The van der Waals surface area contributed by atoms with Gasteiger partial charge in [-0.25, -0.2) is 0 Å². The Balaban J connectivity index is 1.91. The van der Waals surface area contributed by atoms with Crippen molar-refractivity contribution in [1.29, 1.82) is 0 Å². The van der Waals surface area contributed by atoms with E-state index >= 15 is 0 Å². The second-order valence-electron chi connectivity index (χ2n) is 6.32. The van der Waals surface area contributed by atoms with Crippen LogP contribution in [0.4, 0.5) is 0 Å². The van der Waals surface area contributed by atoms with Gasteiger partial charge in [0.15, 0.2) is 0 Å². The number of hydrogen-bond acceptors (Lipinski definition) is 3. The summed E-state index contributed by atoms with van der Waals surface area (Å²) in [6, 6.07) is 7.93. The topological polar surface area (TPSA) is 64.3 Å². The monoisotopic (exact) mass is 290 g/mol. The number of amides is 1. The first-order valence-corrected chi connectivity index (χ1v) is 7.84. The zero-order valence-corrected chi connectivity index (χ0v) is 13.0. The van der Waals surface area contributed by atoms with Gasteiger partial charge in [0.2, 0.25) is 0 Å². The third-order valence-electron chi connectivity index (χ3n) is 3.79. The molecule has 0 unspecified atom stereocenters. The summed E-state index contributed by atoms with van der Waals surface area (Å²) in [6.07, 6.45) is 3.91. The van der Waals surface area contributed by atoms with E-state index in [9.17, 15) is 4.79 Å². The molecule has 2 rings (SSSR count). The van der Waals surface area contributed by atoms with Crippen molar-refractivity contribution >= 4 is 5.91 Å². The summed E-state index contributed by atoms with van der Waals surface area (Å²) in [5.41, 5.74) is 6.55. The predicted octanol–water partition coefficient (Wildman–Crippen LogP) is 2.72. The van der Waals surface area contributed by atoms with Gasteiger partial charge in [-0.05, 0) is 49.8 Å². The Morgan fingerprint density at radius 1 is 1.33 bits per heavy atom. The van der Waals surface area contributed by atoms with Crippen LogP contribution in [0.5, 0.6) is 5.75 Å². The van der Waals surface area contributed by atoms with Gasteiger partial charge in [0.05, 0.1) is 6.61 Å². The standard InChI is InChI=1S/C17H26N2O2/c1-12(2)11-21-16-5-3-4-13(10-16)17(20)19-15-8-6-14(18)7-9-15/h3-5,10,12,14-15H,6-9,11,18H2,1-2H3,(H,19,20). The van der Waals surface area contributed by atoms with Crippen LogP contribution in [0, 0.1) is 5.92 Å². The van der Waals surface area contributed by atoms with E-state index in [1.54, 1.807) is 0 Å². The molecule has 1 aromatic rings. The fourth-order valence-corrected chi connectivity index (χ4v) is 2.52. The summed E-state index contributed by atoms with van der Waals surface area (Å²) in [6.45, 7) is 4.86. The van der Waals surface area contributed by atoms with Crippen LogP contribution in [-0.4, -0.2) is 24.6 Å². The van der Waals surface area contributed by atoms with Crippen LogP contribution >= 0.6 is 0 Å². The molecule has 0 radical (unpaired) electrons. The average Bonchev–Trinajstić information content (AvgIpc) is 2.48. The molecule has 21 heavy (non-hydrogen) atoms. The summed E-state index contributed by atoms with van der Waals surface area (Å²) < 4.78 is 5.67. The predicted molar refractivity (Wildman–Crippen MR) is 84.5 cm³/mol. The van der Waals surface area contributed by atoms with Gasteiger partial charge in [-0.3, -0.25) is 4.79 Å². The van der Waals surface area contributed by atoms with Gasteiger partial charge in [-0.1, -0.05) is 19.9 Å². The maximum absolute atomic E-state index is 12.3. The highest BCUT2D eigenvalue weighted by Gasteiger charge is 2.20. The molecular formula is C17H26N2O2. The molecule has 1 fully saturated rings. The summed E-state index contributed by atoms with van der Waals surface area (Å²) in [5, 5.41) is 3.10. The van der Waals surface area contributed by atoms with Gasteiger partial charge < -0.3 is 15.8 Å². The number of carbonyl (C=O) groups is 1. The number of ether oxygens (including phenoxy) is 1. The highest BCUT2D eigenvalue weighted by atomic mass is 16.5. The van der Waals surface area contributed by atoms with Crippen LogP contribution in [0.15, 0.2) is 24.3 Å². The number of rotatable bonds is 5. The molecule has 0 heterocycles. The van der Waals surface area contributed by atoms with E-state index in [0.717, 1.165) is 31.4 Å². The molecule has 1 aliphatic carbocycles. The molecule has 1 aliphatic rings. The Morgan fingerprint density at radius 2 is 2.05 bits per heavy atom. The van der Waals surface area contributed by atoms with E-state index < -0.39 is 0 Å². The molecule has 0 spiro atoms. The second-order valence-corrected chi connectivity index (χ2v) is 6.32. The van der Waals surface area contributed by atoms with Gasteiger partial charge in [0, 0.05) is 17.6 Å². The molecule has 0 aromatic heterocycles. The number of carbonyl (C=O) groups excluding carboxylic acids is 1. The number of benzene rings is 1. The van der Waals surface area contributed by atoms with Gasteiger partial charge in [-0.2, -0.15) is 0 Å². The zero-order valence-electron chi connectivity index (χ0n) is 13.0. The van der Waals surface area contributed by atoms with Crippen LogP contribution in [-0.2, 0) is 0 Å². The number of hydrogen-bond donors (Lipinski definition) is 2. The molecule has 1 amide bonds. The quantitative estimate of drug-likeness (QED) is 0.876. The van der Waals surface area contributed by atoms with Gasteiger partial charge >= 0.3 is 0 Å². The van der Waals surface area contributed by atoms with E-state index in [1.807, 2.05) is 24.3 Å². The first-order chi connectivity index (χ1) is 10.0. The summed E-state index contributed by atoms with van der Waals surface area (Å²) in [4.78, 5) is 12.3. The van der Waals surface area contributed by atoms with E-state index in [4.69, 9.17) is 10.5 Å². The normalized spacial score (nSPS) is 22.1. The van der Waals surface area contributed by atoms with Crippen molar-refractivity contribution in [1.82, 2.24) is 5.32 Å². The number of nitrogens with one attached hydrogen (secondary N) is 1. The molecule has 0 saturated heterocycles. The molecule has 4 nitrogen and oxygen atoms in total. The first kappa shape index (κ1) is 15.8. The fourth-order valence-electron chi connectivity index (χ4n) is 2.52. The van der Waals surface area contributed by atoms with Gasteiger partial charge in [0.1, 0.15) is 5.75 Å². The summed E-state index contributed by atoms with van der Waals surface area (Å²) in [5.74, 6) is 1.20. The Bertz CT molecular complexity index is 466. The lowest BCUT2D eigenvalue weighted by Gasteiger charge is -2.26. The molecule has 0 atom stereocenters. The van der Waals surface area contributed by atoms with Gasteiger partial charge in [-0.15, -0.1) is 0 Å². The molecule has 1 aromatic carbocycles. The van der Waals surface area contributed by atoms with Crippen molar-refractivity contribution in [2.75, 3.05) is 6.61 Å². The van der Waals surface area contributed by atoms with Crippen molar-refractivity contribution < 1.29 is 9.53 Å². The minimum Gasteiger partial charge on any atom is -0.493 e. The van der Waals surface area contributed by atoms with Crippen molar-refractivity contribution in [3.8, 4) is 5.75 Å². The lowest BCUT2D eigenvalue weighted by molar-refractivity contribution is 0.0925. The molecular weight excluding hydrogens is 264 g/mol. The summed E-state index contributed by atoms with van der Waals surface area (Å²) in [7, 11) is 0. The van der Waals surface area contributed by atoms with E-state index in [2.05, 4.69) is 19.2 Å². The van der Waals surface area contributed by atoms with Crippen LogP contribution in [0.3, 0.4) is 0 Å². The van der Waals surface area contributed by atoms with Crippen LogP contribution in [0.1, 0.15) is 49.9 Å². The van der Waals surface area contributed by atoms with Crippen molar-refractivity contribution in [3.05, 3.63) is 29.8 Å². The Morgan fingerprint density at radius 3 is 2.71 bits per heavy atom. The lowest BCUT2D eigenvalue weighted by atomic mass is 9.91. The van der Waals surface area contributed by atoms with Crippen LogP contribution < -0.4 is 15.8 Å². The molecule has 3 N–H and O–H groups in total. The smallest absolute Gasteiger partial charge is 0.251 e. The second kappa shape index (κ2) is 7.46. The molecule has 4 heteroatoms. The third-order valence-corrected chi connectivity index (χ3v) is 3.79. The van der Waals surface area contributed by atoms with Crippen LogP contribution in [0.25, 0.3) is 0 Å². The Hall–Kier alpha value is -1.55. The van der Waals surface area contributed by atoms with Gasteiger partial charge in [0.25, 0.3) is 5.91 Å². The van der Waals surface area contributed by atoms with Crippen molar-refractivity contribution in [2.45, 2.75) is 51.6 Å². The Labute approximate surface area is 127 Å². The highest BCUT2D eigenvalue weighted by molar-refractivity contribution is 5.94. The lowest BCUT2D eigenvalue weighted by Crippen LogP contribution is -2.40. The molecule has 116 valence electrons. The maximum Gasteiger partial charge on any atom is 0.251 e. The first-order valence-electron chi connectivity index (χ1n) is 7.84. The minimum atomic E-state index is -0.0227. The SMILES string of the molecule is CC(C)COc1cccc(C(=O)NC2CCC(N)CC2)c1. The average molecular weight is 290 g/mol. The molecule has 1 saturated carbocycles. The third kappa shape index (κ3) is 5.05. The number of nitrogens with two attached hydrogens (primary N) is 1. The van der Waals surface area contributed by atoms with E-state index in [0.29, 0.717) is 24.1 Å². The van der Waals surface area contributed by atoms with E-state index in [1.165, 1.54) is 0 Å². The van der Waals surface area contributed by atoms with Crippen LogP contribution in [0.2, 0.25) is 0 Å². The van der Waals surface area contributed by atoms with E-state index in [-0.39, 0.29) is 11.9 Å². The summed E-state index contributed by atoms with van der Waals surface area (Å²) >= 11 is 0. The Kier molecular flexibility index (Phi) is 5.62. The maximum atomic E-state index is 12.3. The zero-order chi connectivity index (χ0) is 15.2. The van der Waals surface area contributed by atoms with Crippen molar-refractivity contribution in [2.24, 2.45) is 11.7 Å². The van der Waals surface area contributed by atoms with Crippen molar-refractivity contribution in [3.63, 3.8) is 0 Å². The highest BCUT2D eigenvalue weighted by Crippen LogP contribution is 2.19. The molecule has 0 aliphatic heterocycles. The largest absolute Gasteiger partial charge is 0.493 e.